The van der Waals surface area contributed by atoms with E-state index in [1.165, 1.54) is 25.3 Å². The number of benzene rings is 2. The third-order valence-corrected chi connectivity index (χ3v) is 3.60. The number of rotatable bonds is 6. The van der Waals surface area contributed by atoms with Gasteiger partial charge >= 0.3 is 11.7 Å². The molecule has 8 heteroatoms. The largest absolute Gasteiger partial charge is 0.477 e. The second-order valence-corrected chi connectivity index (χ2v) is 5.59. The zero-order chi connectivity index (χ0) is 19.3. The van der Waals surface area contributed by atoms with E-state index in [0.29, 0.717) is 11.3 Å². The summed E-state index contributed by atoms with van der Waals surface area (Å²) in [4.78, 5) is 34.2. The summed E-state index contributed by atoms with van der Waals surface area (Å²) in [7, 11) is 1.27. The van der Waals surface area contributed by atoms with E-state index in [0.717, 1.165) is 11.1 Å². The van der Waals surface area contributed by atoms with Gasteiger partial charge in [0.2, 0.25) is 0 Å². The van der Waals surface area contributed by atoms with E-state index in [1.807, 2.05) is 0 Å². The second kappa shape index (κ2) is 8.11. The summed E-state index contributed by atoms with van der Waals surface area (Å²) in [6.45, 7) is 3.12. The van der Waals surface area contributed by atoms with Crippen molar-refractivity contribution >= 4 is 23.3 Å². The van der Waals surface area contributed by atoms with E-state index in [1.54, 1.807) is 32.0 Å². The predicted octanol–water partition coefficient (Wildman–Crippen LogP) is 3.02. The SMILES string of the molecule is COC(=O)c1ccc(C)c(NC(=O)COc2cc(C)ccc2[N+](=O)[O-])c1. The van der Waals surface area contributed by atoms with Gasteiger partial charge in [0.15, 0.2) is 12.4 Å². The number of carbonyl (C=O) groups excluding carboxylic acids is 2. The molecule has 0 saturated carbocycles. The van der Waals surface area contributed by atoms with Crippen LogP contribution in [0.5, 0.6) is 5.75 Å². The minimum absolute atomic E-state index is 0.0187. The van der Waals surface area contributed by atoms with Crippen LogP contribution in [0, 0.1) is 24.0 Å². The molecule has 1 N–H and O–H groups in total. The summed E-state index contributed by atoms with van der Waals surface area (Å²) in [5.41, 5.74) is 2.02. The minimum Gasteiger partial charge on any atom is -0.477 e. The van der Waals surface area contributed by atoms with Gasteiger partial charge in [-0.25, -0.2) is 4.79 Å². The van der Waals surface area contributed by atoms with Gasteiger partial charge in [0.1, 0.15) is 0 Å². The fraction of sp³-hybridized carbons (Fsp3) is 0.222. The van der Waals surface area contributed by atoms with Gasteiger partial charge in [0, 0.05) is 11.8 Å². The monoisotopic (exact) mass is 358 g/mol. The van der Waals surface area contributed by atoms with Crippen molar-refractivity contribution in [1.29, 1.82) is 0 Å². The number of nitro benzene ring substituents is 1. The Hall–Kier alpha value is -3.42. The van der Waals surface area contributed by atoms with Crippen LogP contribution >= 0.6 is 0 Å². The molecule has 0 unspecified atom stereocenters. The van der Waals surface area contributed by atoms with Gasteiger partial charge in [-0.1, -0.05) is 12.1 Å². The molecule has 0 heterocycles. The zero-order valence-corrected chi connectivity index (χ0v) is 14.6. The zero-order valence-electron chi connectivity index (χ0n) is 14.6. The third-order valence-electron chi connectivity index (χ3n) is 3.60. The number of hydrogen-bond acceptors (Lipinski definition) is 6. The van der Waals surface area contributed by atoms with Crippen LogP contribution in [0.4, 0.5) is 11.4 Å². The molecule has 2 aromatic rings. The van der Waals surface area contributed by atoms with E-state index in [2.05, 4.69) is 10.1 Å². The van der Waals surface area contributed by atoms with E-state index in [9.17, 15) is 19.7 Å². The van der Waals surface area contributed by atoms with Gasteiger partial charge in [-0.3, -0.25) is 14.9 Å². The molecule has 26 heavy (non-hydrogen) atoms. The highest BCUT2D eigenvalue weighted by Gasteiger charge is 2.17. The minimum atomic E-state index is -0.573. The number of nitrogens with one attached hydrogen (secondary N) is 1. The van der Waals surface area contributed by atoms with Crippen LogP contribution in [0.2, 0.25) is 0 Å². The van der Waals surface area contributed by atoms with Crippen LogP contribution in [0.1, 0.15) is 21.5 Å². The molecule has 2 rings (SSSR count). The van der Waals surface area contributed by atoms with E-state index >= 15 is 0 Å². The smallest absolute Gasteiger partial charge is 0.337 e. The Morgan fingerprint density at radius 2 is 1.88 bits per heavy atom. The summed E-state index contributed by atoms with van der Waals surface area (Å²) in [5.74, 6) is -1.01. The summed E-state index contributed by atoms with van der Waals surface area (Å²) in [6.07, 6.45) is 0. The number of aryl methyl sites for hydroxylation is 2. The molecule has 0 saturated heterocycles. The van der Waals surface area contributed by atoms with Gasteiger partial charge in [-0.15, -0.1) is 0 Å². The first-order valence-corrected chi connectivity index (χ1v) is 7.68. The Morgan fingerprint density at radius 1 is 1.15 bits per heavy atom. The molecule has 0 radical (unpaired) electrons. The molecular formula is C18H18N2O6. The quantitative estimate of drug-likeness (QED) is 0.483. The Morgan fingerprint density at radius 3 is 2.54 bits per heavy atom. The first kappa shape index (κ1) is 18.9. The average Bonchev–Trinajstić information content (AvgIpc) is 2.61. The molecule has 136 valence electrons. The van der Waals surface area contributed by atoms with Crippen LogP contribution in [-0.4, -0.2) is 30.5 Å². The lowest BCUT2D eigenvalue weighted by Crippen LogP contribution is -2.21. The van der Waals surface area contributed by atoms with E-state index < -0.39 is 23.4 Å². The molecule has 1 amide bonds. The van der Waals surface area contributed by atoms with Gasteiger partial charge in [-0.05, 0) is 43.2 Å². The fourth-order valence-corrected chi connectivity index (χ4v) is 2.22. The van der Waals surface area contributed by atoms with Crippen molar-refractivity contribution in [2.24, 2.45) is 0 Å². The maximum Gasteiger partial charge on any atom is 0.337 e. The second-order valence-electron chi connectivity index (χ2n) is 5.59. The normalized spacial score (nSPS) is 10.1. The molecule has 0 aromatic heterocycles. The highest BCUT2D eigenvalue weighted by Crippen LogP contribution is 2.27. The fourth-order valence-electron chi connectivity index (χ4n) is 2.22. The number of esters is 1. The first-order valence-electron chi connectivity index (χ1n) is 7.68. The highest BCUT2D eigenvalue weighted by atomic mass is 16.6. The van der Waals surface area contributed by atoms with Gasteiger partial charge in [0.25, 0.3) is 5.91 Å². The Kier molecular flexibility index (Phi) is 5.90. The number of anilines is 1. The molecule has 0 spiro atoms. The van der Waals surface area contributed by atoms with Gasteiger partial charge in [0.05, 0.1) is 17.6 Å². The summed E-state index contributed by atoms with van der Waals surface area (Å²) in [6, 6.07) is 9.17. The molecular weight excluding hydrogens is 340 g/mol. The lowest BCUT2D eigenvalue weighted by atomic mass is 10.1. The lowest BCUT2D eigenvalue weighted by molar-refractivity contribution is -0.385. The van der Waals surface area contributed by atoms with E-state index in [-0.39, 0.29) is 11.4 Å². The summed E-state index contributed by atoms with van der Waals surface area (Å²) >= 11 is 0. The summed E-state index contributed by atoms with van der Waals surface area (Å²) < 4.78 is 9.95. The number of methoxy groups -OCH3 is 1. The van der Waals surface area contributed by atoms with Gasteiger partial charge in [-0.2, -0.15) is 0 Å². The third kappa shape index (κ3) is 4.56. The predicted molar refractivity (Wildman–Crippen MR) is 94.5 cm³/mol. The number of hydrogen-bond donors (Lipinski definition) is 1. The van der Waals surface area contributed by atoms with Crippen LogP contribution in [0.3, 0.4) is 0 Å². The van der Waals surface area contributed by atoms with E-state index in [4.69, 9.17) is 4.74 Å². The molecule has 0 fully saturated rings. The van der Waals surface area contributed by atoms with Crippen LogP contribution in [-0.2, 0) is 9.53 Å². The molecule has 0 aliphatic heterocycles. The Balaban J connectivity index is 2.10. The van der Waals surface area contributed by atoms with Crippen molar-refractivity contribution in [2.45, 2.75) is 13.8 Å². The maximum atomic E-state index is 12.1. The molecule has 0 bridgehead atoms. The number of nitrogens with zero attached hydrogens (tertiary/aromatic N) is 1. The average molecular weight is 358 g/mol. The topological polar surface area (TPSA) is 108 Å². The molecule has 0 atom stereocenters. The van der Waals surface area contributed by atoms with Crippen molar-refractivity contribution < 1.29 is 24.0 Å². The molecule has 0 aliphatic rings. The van der Waals surface area contributed by atoms with Crippen molar-refractivity contribution in [2.75, 3.05) is 19.0 Å². The van der Waals surface area contributed by atoms with Crippen molar-refractivity contribution in [1.82, 2.24) is 0 Å². The number of nitro groups is 1. The van der Waals surface area contributed by atoms with Crippen LogP contribution in [0.25, 0.3) is 0 Å². The van der Waals surface area contributed by atoms with Crippen molar-refractivity contribution in [3.63, 3.8) is 0 Å². The number of ether oxygens (including phenoxy) is 2. The lowest BCUT2D eigenvalue weighted by Gasteiger charge is -2.11. The van der Waals surface area contributed by atoms with Crippen LogP contribution < -0.4 is 10.1 Å². The highest BCUT2D eigenvalue weighted by molar-refractivity contribution is 5.96. The van der Waals surface area contributed by atoms with Crippen molar-refractivity contribution in [3.8, 4) is 5.75 Å². The summed E-state index contributed by atoms with van der Waals surface area (Å²) in [5, 5.41) is 13.6. The standard InChI is InChI=1S/C18H18N2O6/c1-11-4-7-15(20(23)24)16(8-11)26-10-17(21)19-14-9-13(18(22)25-3)6-5-12(14)2/h4-9H,10H2,1-3H3,(H,19,21). The Bertz CT molecular complexity index is 863. The molecule has 8 nitrogen and oxygen atoms in total. The van der Waals surface area contributed by atoms with Crippen LogP contribution in [0.15, 0.2) is 36.4 Å². The Labute approximate surface area is 149 Å². The first-order chi connectivity index (χ1) is 12.3. The number of amides is 1. The molecule has 0 aliphatic carbocycles. The number of carbonyl (C=O) groups is 2. The van der Waals surface area contributed by atoms with Crippen molar-refractivity contribution in [3.05, 3.63) is 63.2 Å². The maximum absolute atomic E-state index is 12.1. The molecule has 2 aromatic carbocycles. The van der Waals surface area contributed by atoms with Gasteiger partial charge < -0.3 is 14.8 Å².